The van der Waals surface area contributed by atoms with Gasteiger partial charge in [-0.05, 0) is 17.7 Å². The predicted molar refractivity (Wildman–Crippen MR) is 98.0 cm³/mol. The van der Waals surface area contributed by atoms with Crippen LogP contribution in [0, 0.1) is 11.3 Å². The zero-order chi connectivity index (χ0) is 17.4. The molecule has 0 amide bonds. The molecule has 1 N–H and O–H groups in total. The van der Waals surface area contributed by atoms with Crippen molar-refractivity contribution in [3.05, 3.63) is 46.0 Å². The molecule has 0 aliphatic carbocycles. The van der Waals surface area contributed by atoms with Gasteiger partial charge in [0, 0.05) is 27.0 Å². The van der Waals surface area contributed by atoms with E-state index in [1.165, 1.54) is 0 Å². The molecule has 6 heteroatoms. The van der Waals surface area contributed by atoms with Crippen LogP contribution in [-0.2, 0) is 9.53 Å². The maximum atomic E-state index is 11.7. The first-order valence-corrected chi connectivity index (χ1v) is 8.39. The summed E-state index contributed by atoms with van der Waals surface area (Å²) in [5.41, 5.74) is 1.02. The number of rotatable bonds is 3. The first-order valence-electron chi connectivity index (χ1n) is 7.23. The Kier molecular flexibility index (Phi) is 5.39. The molecule has 2 unspecified atom stereocenters. The number of nitrogens with one attached hydrogen (secondary N) is 1. The SMILES string of the molecule is C=C1C(=O)OCC1C(NC(=S)C(C)(C)C)c1ccc(Cl)cc1Cl. The highest BCUT2D eigenvalue weighted by Gasteiger charge is 2.38. The summed E-state index contributed by atoms with van der Waals surface area (Å²) in [6, 6.07) is 4.97. The Morgan fingerprint density at radius 1 is 1.43 bits per heavy atom. The molecule has 1 heterocycles. The molecule has 23 heavy (non-hydrogen) atoms. The quantitative estimate of drug-likeness (QED) is 0.473. The largest absolute Gasteiger partial charge is 0.462 e. The van der Waals surface area contributed by atoms with Crippen LogP contribution in [0.1, 0.15) is 32.4 Å². The van der Waals surface area contributed by atoms with E-state index in [4.69, 9.17) is 40.2 Å². The minimum absolute atomic E-state index is 0.211. The van der Waals surface area contributed by atoms with Crippen molar-refractivity contribution in [1.82, 2.24) is 5.32 Å². The summed E-state index contributed by atoms with van der Waals surface area (Å²) in [5.74, 6) is -0.616. The van der Waals surface area contributed by atoms with Gasteiger partial charge in [0.15, 0.2) is 0 Å². The van der Waals surface area contributed by atoms with Gasteiger partial charge in [-0.3, -0.25) is 0 Å². The van der Waals surface area contributed by atoms with Crippen molar-refractivity contribution in [2.45, 2.75) is 26.8 Å². The first kappa shape index (κ1) is 18.2. The molecule has 0 aromatic heterocycles. The van der Waals surface area contributed by atoms with Crippen molar-refractivity contribution in [3.63, 3.8) is 0 Å². The van der Waals surface area contributed by atoms with Gasteiger partial charge >= 0.3 is 5.97 Å². The fraction of sp³-hybridized carbons (Fsp3) is 0.412. The lowest BCUT2D eigenvalue weighted by Gasteiger charge is -2.30. The lowest BCUT2D eigenvalue weighted by atomic mass is 9.87. The number of esters is 1. The predicted octanol–water partition coefficient (Wildman–Crippen LogP) is 4.73. The van der Waals surface area contributed by atoms with Gasteiger partial charge in [0.2, 0.25) is 0 Å². The van der Waals surface area contributed by atoms with Gasteiger partial charge in [0.25, 0.3) is 0 Å². The van der Waals surface area contributed by atoms with Crippen molar-refractivity contribution in [2.24, 2.45) is 11.3 Å². The van der Waals surface area contributed by atoms with E-state index in [9.17, 15) is 4.79 Å². The number of benzene rings is 1. The first-order chi connectivity index (χ1) is 10.6. The molecule has 1 aromatic rings. The molecule has 1 saturated heterocycles. The Bertz CT molecular complexity index is 667. The van der Waals surface area contributed by atoms with Gasteiger partial charge in [-0.15, -0.1) is 0 Å². The Hall–Kier alpha value is -1.10. The lowest BCUT2D eigenvalue weighted by Crippen LogP contribution is -2.39. The molecule has 0 bridgehead atoms. The monoisotopic (exact) mass is 371 g/mol. The van der Waals surface area contributed by atoms with E-state index in [2.05, 4.69) is 11.9 Å². The van der Waals surface area contributed by atoms with Crippen LogP contribution < -0.4 is 5.32 Å². The normalized spacial score (nSPS) is 19.4. The standard InChI is InChI=1S/C17H19Cl2NO2S/c1-9-12(8-22-15(9)21)14(20-16(23)17(2,3)4)11-6-5-10(18)7-13(11)19/h5-7,12,14H,1,8H2,2-4H3,(H,20,23). The number of halogens is 2. The number of carbonyl (C=O) groups excluding carboxylic acids is 1. The van der Waals surface area contributed by atoms with Crippen LogP contribution >= 0.6 is 35.4 Å². The van der Waals surface area contributed by atoms with E-state index < -0.39 is 0 Å². The molecule has 124 valence electrons. The summed E-state index contributed by atoms with van der Waals surface area (Å²) in [7, 11) is 0. The Balaban J connectivity index is 2.41. The third kappa shape index (κ3) is 4.06. The second-order valence-corrected chi connectivity index (χ2v) is 7.85. The molecule has 1 aromatic carbocycles. The van der Waals surface area contributed by atoms with Gasteiger partial charge in [0.05, 0.1) is 11.0 Å². The number of ether oxygens (including phenoxy) is 1. The highest BCUT2D eigenvalue weighted by atomic mass is 35.5. The van der Waals surface area contributed by atoms with Crippen LogP contribution in [0.2, 0.25) is 10.0 Å². The van der Waals surface area contributed by atoms with E-state index in [-0.39, 0.29) is 30.0 Å². The van der Waals surface area contributed by atoms with Crippen LogP contribution in [0.5, 0.6) is 0 Å². The van der Waals surface area contributed by atoms with Gasteiger partial charge in [-0.1, -0.05) is 68.8 Å². The third-order valence-corrected chi connectivity index (χ3v) is 5.06. The maximum Gasteiger partial charge on any atom is 0.333 e. The Morgan fingerprint density at radius 2 is 2.09 bits per heavy atom. The van der Waals surface area contributed by atoms with Crippen LogP contribution in [-0.4, -0.2) is 17.6 Å². The topological polar surface area (TPSA) is 38.3 Å². The van der Waals surface area contributed by atoms with Gasteiger partial charge in [-0.2, -0.15) is 0 Å². The summed E-state index contributed by atoms with van der Waals surface area (Å²) in [5, 5.41) is 4.40. The Morgan fingerprint density at radius 3 is 2.57 bits per heavy atom. The molecule has 0 radical (unpaired) electrons. The maximum absolute atomic E-state index is 11.7. The molecule has 0 saturated carbocycles. The molecule has 3 nitrogen and oxygen atoms in total. The molecule has 1 aliphatic rings. The molecular weight excluding hydrogens is 353 g/mol. The molecule has 2 atom stereocenters. The van der Waals surface area contributed by atoms with Crippen molar-refractivity contribution in [2.75, 3.05) is 6.61 Å². The third-order valence-electron chi connectivity index (χ3n) is 3.77. The van der Waals surface area contributed by atoms with Crippen molar-refractivity contribution in [3.8, 4) is 0 Å². The zero-order valence-electron chi connectivity index (χ0n) is 13.3. The highest BCUT2D eigenvalue weighted by Crippen LogP contribution is 2.37. The van der Waals surface area contributed by atoms with E-state index in [1.54, 1.807) is 12.1 Å². The summed E-state index contributed by atoms with van der Waals surface area (Å²) >= 11 is 17.9. The fourth-order valence-electron chi connectivity index (χ4n) is 2.31. The lowest BCUT2D eigenvalue weighted by molar-refractivity contribution is -0.135. The molecular formula is C17H19Cl2NO2S. The van der Waals surface area contributed by atoms with E-state index in [1.807, 2.05) is 26.8 Å². The van der Waals surface area contributed by atoms with Crippen LogP contribution in [0.25, 0.3) is 0 Å². The molecule has 2 rings (SSSR count). The number of hydrogen-bond donors (Lipinski definition) is 1. The smallest absolute Gasteiger partial charge is 0.333 e. The highest BCUT2D eigenvalue weighted by molar-refractivity contribution is 7.80. The van der Waals surface area contributed by atoms with Crippen LogP contribution in [0.15, 0.2) is 30.4 Å². The summed E-state index contributed by atoms with van der Waals surface area (Å²) < 4.78 is 5.12. The molecule has 1 aliphatic heterocycles. The minimum atomic E-state index is -0.381. The average Bonchev–Trinajstić information content (AvgIpc) is 2.76. The second kappa shape index (κ2) is 6.80. The van der Waals surface area contributed by atoms with Crippen LogP contribution in [0.3, 0.4) is 0 Å². The van der Waals surface area contributed by atoms with Crippen molar-refractivity contribution in [1.29, 1.82) is 0 Å². The zero-order valence-corrected chi connectivity index (χ0v) is 15.6. The fourth-order valence-corrected chi connectivity index (χ4v) is 2.97. The van der Waals surface area contributed by atoms with Crippen molar-refractivity contribution >= 4 is 46.4 Å². The van der Waals surface area contributed by atoms with Gasteiger partial charge < -0.3 is 10.1 Å². The van der Waals surface area contributed by atoms with E-state index in [0.717, 1.165) is 5.56 Å². The number of carbonyl (C=O) groups is 1. The van der Waals surface area contributed by atoms with Gasteiger partial charge in [-0.25, -0.2) is 4.79 Å². The summed E-state index contributed by atoms with van der Waals surface area (Å²) in [6.07, 6.45) is 0. The summed E-state index contributed by atoms with van der Waals surface area (Å²) in [6.45, 7) is 10.2. The summed E-state index contributed by atoms with van der Waals surface area (Å²) in [4.78, 5) is 12.4. The van der Waals surface area contributed by atoms with Gasteiger partial charge in [0.1, 0.15) is 6.61 Å². The molecule has 0 spiro atoms. The number of cyclic esters (lactones) is 1. The Labute approximate surface area is 152 Å². The molecule has 1 fully saturated rings. The number of thiocarbonyl (C=S) groups is 1. The average molecular weight is 372 g/mol. The second-order valence-electron chi connectivity index (χ2n) is 6.60. The van der Waals surface area contributed by atoms with E-state index in [0.29, 0.717) is 20.6 Å². The van der Waals surface area contributed by atoms with Crippen LogP contribution in [0.4, 0.5) is 0 Å². The van der Waals surface area contributed by atoms with Crippen molar-refractivity contribution < 1.29 is 9.53 Å². The van der Waals surface area contributed by atoms with E-state index >= 15 is 0 Å². The minimum Gasteiger partial charge on any atom is -0.462 e. The number of hydrogen-bond acceptors (Lipinski definition) is 3.